The minimum atomic E-state index is -0.124. The quantitative estimate of drug-likeness (QED) is 0.0774. The van der Waals surface area contributed by atoms with Crippen molar-refractivity contribution < 1.29 is 14.0 Å². The van der Waals surface area contributed by atoms with Gasteiger partial charge < -0.3 is 9.47 Å². The van der Waals surface area contributed by atoms with Crippen molar-refractivity contribution >= 4 is 0 Å². The van der Waals surface area contributed by atoms with Crippen LogP contribution in [0.4, 0.5) is 0 Å². The van der Waals surface area contributed by atoms with Gasteiger partial charge in [0.2, 0.25) is 0 Å². The molecule has 0 saturated carbocycles. The molecule has 0 spiro atoms. The van der Waals surface area contributed by atoms with Gasteiger partial charge in [-0.15, -0.1) is 0 Å². The van der Waals surface area contributed by atoms with Gasteiger partial charge in [0.15, 0.2) is 12.5 Å². The molecule has 0 amide bonds. The molecule has 2 atom stereocenters. The standard InChI is InChI=1S/C29H62NO2/c1-7-10-13-16-19-22-25-30(28(4)32-29(5)31-6,26-23-20-17-14-11-8-2)27-24-21-18-15-12-9-3/h28-29H,7-27H2,1-6H3/q+1. The summed E-state index contributed by atoms with van der Waals surface area (Å²) < 4.78 is 13.0. The summed E-state index contributed by atoms with van der Waals surface area (Å²) in [4.78, 5) is 0. The van der Waals surface area contributed by atoms with E-state index >= 15 is 0 Å². The van der Waals surface area contributed by atoms with E-state index in [1.54, 1.807) is 7.11 Å². The highest BCUT2D eigenvalue weighted by molar-refractivity contribution is 4.55. The van der Waals surface area contributed by atoms with Gasteiger partial charge in [-0.25, -0.2) is 0 Å². The molecule has 0 aromatic carbocycles. The maximum absolute atomic E-state index is 6.40. The maximum atomic E-state index is 6.40. The van der Waals surface area contributed by atoms with Crippen molar-refractivity contribution in [3.05, 3.63) is 0 Å². The second kappa shape index (κ2) is 22.7. The van der Waals surface area contributed by atoms with Gasteiger partial charge in [0.25, 0.3) is 0 Å². The summed E-state index contributed by atoms with van der Waals surface area (Å²) >= 11 is 0. The number of nitrogens with zero attached hydrogens (tertiary/aromatic N) is 1. The largest absolute Gasteiger partial charge is 0.356 e. The molecule has 0 saturated heterocycles. The minimum Gasteiger partial charge on any atom is -0.356 e. The predicted octanol–water partition coefficient (Wildman–Crippen LogP) is 9.24. The molecule has 0 aromatic rings. The predicted molar refractivity (Wildman–Crippen MR) is 142 cm³/mol. The zero-order valence-electron chi connectivity index (χ0n) is 23.3. The van der Waals surface area contributed by atoms with Crippen LogP contribution in [-0.2, 0) is 9.47 Å². The van der Waals surface area contributed by atoms with E-state index in [9.17, 15) is 0 Å². The highest BCUT2D eigenvalue weighted by Gasteiger charge is 2.34. The van der Waals surface area contributed by atoms with Crippen molar-refractivity contribution in [3.8, 4) is 0 Å². The molecule has 3 heteroatoms. The lowest BCUT2D eigenvalue weighted by atomic mass is 10.1. The SMILES string of the molecule is CCCCCCCC[N+](CCCCCCCC)(CCCCCCCC)C(C)OC(C)OC. The molecule has 194 valence electrons. The van der Waals surface area contributed by atoms with E-state index in [4.69, 9.17) is 9.47 Å². The van der Waals surface area contributed by atoms with Gasteiger partial charge in [-0.1, -0.05) is 97.8 Å². The van der Waals surface area contributed by atoms with Crippen molar-refractivity contribution in [2.45, 2.75) is 163 Å². The van der Waals surface area contributed by atoms with E-state index < -0.39 is 0 Å². The summed E-state index contributed by atoms with van der Waals surface area (Å²) in [6.07, 6.45) is 24.8. The fourth-order valence-electron chi connectivity index (χ4n) is 4.96. The average molecular weight is 457 g/mol. The summed E-state index contributed by atoms with van der Waals surface area (Å²) in [5.41, 5.74) is 0. The fraction of sp³-hybridized carbons (Fsp3) is 1.00. The Balaban J connectivity index is 4.99. The lowest BCUT2D eigenvalue weighted by molar-refractivity contribution is -0.972. The van der Waals surface area contributed by atoms with Gasteiger partial charge >= 0.3 is 0 Å². The van der Waals surface area contributed by atoms with Crippen LogP contribution < -0.4 is 0 Å². The summed E-state index contributed by atoms with van der Waals surface area (Å²) in [5.74, 6) is 0. The van der Waals surface area contributed by atoms with Crippen LogP contribution in [0.25, 0.3) is 0 Å². The summed E-state index contributed by atoms with van der Waals surface area (Å²) in [6.45, 7) is 15.1. The van der Waals surface area contributed by atoms with Crippen LogP contribution in [0.5, 0.6) is 0 Å². The van der Waals surface area contributed by atoms with Crippen LogP contribution in [0.2, 0.25) is 0 Å². The molecule has 0 N–H and O–H groups in total. The molecule has 0 aliphatic carbocycles. The molecule has 3 nitrogen and oxygen atoms in total. The van der Waals surface area contributed by atoms with Crippen molar-refractivity contribution in [1.82, 2.24) is 0 Å². The molecule has 0 radical (unpaired) electrons. The molecule has 0 heterocycles. The Hall–Kier alpha value is -0.120. The first-order valence-corrected chi connectivity index (χ1v) is 14.6. The Morgan fingerprint density at radius 1 is 0.500 bits per heavy atom. The zero-order chi connectivity index (χ0) is 23.9. The highest BCUT2D eigenvalue weighted by Crippen LogP contribution is 2.24. The first-order chi connectivity index (χ1) is 15.6. The number of quaternary nitrogens is 1. The normalized spacial score (nSPS) is 14.1. The second-order valence-corrected chi connectivity index (χ2v) is 10.2. The van der Waals surface area contributed by atoms with E-state index in [0.717, 1.165) is 4.48 Å². The average Bonchev–Trinajstić information content (AvgIpc) is 2.79. The number of hydrogen-bond acceptors (Lipinski definition) is 2. The van der Waals surface area contributed by atoms with Crippen molar-refractivity contribution in [2.24, 2.45) is 0 Å². The van der Waals surface area contributed by atoms with Crippen LogP contribution in [0, 0.1) is 0 Å². The van der Waals surface area contributed by atoms with Gasteiger partial charge in [-0.3, -0.25) is 4.48 Å². The lowest BCUT2D eigenvalue weighted by Crippen LogP contribution is -2.57. The van der Waals surface area contributed by atoms with Crippen LogP contribution in [0.1, 0.15) is 150 Å². The monoisotopic (exact) mass is 456 g/mol. The molecule has 0 aromatic heterocycles. The van der Waals surface area contributed by atoms with Gasteiger partial charge in [0.1, 0.15) is 0 Å². The van der Waals surface area contributed by atoms with Crippen molar-refractivity contribution in [2.75, 3.05) is 26.7 Å². The molecule has 32 heavy (non-hydrogen) atoms. The fourth-order valence-corrected chi connectivity index (χ4v) is 4.96. The van der Waals surface area contributed by atoms with Gasteiger partial charge in [-0.05, 0) is 45.4 Å². The third kappa shape index (κ3) is 16.5. The molecule has 2 unspecified atom stereocenters. The third-order valence-electron chi connectivity index (χ3n) is 7.36. The smallest absolute Gasteiger partial charge is 0.193 e. The lowest BCUT2D eigenvalue weighted by Gasteiger charge is -2.44. The molecular weight excluding hydrogens is 394 g/mol. The Morgan fingerprint density at radius 3 is 1.12 bits per heavy atom. The molecular formula is C29H62NO2+. The summed E-state index contributed by atoms with van der Waals surface area (Å²) in [5, 5.41) is 0. The first-order valence-electron chi connectivity index (χ1n) is 14.6. The Kier molecular flexibility index (Phi) is 22.6. The summed E-state index contributed by atoms with van der Waals surface area (Å²) in [6, 6.07) is 0. The second-order valence-electron chi connectivity index (χ2n) is 10.2. The molecule has 0 aliphatic rings. The number of unbranched alkanes of at least 4 members (excludes halogenated alkanes) is 15. The van der Waals surface area contributed by atoms with E-state index in [-0.39, 0.29) is 12.5 Å². The van der Waals surface area contributed by atoms with Crippen LogP contribution in [0.15, 0.2) is 0 Å². The number of hydrogen-bond donors (Lipinski definition) is 0. The van der Waals surface area contributed by atoms with Gasteiger partial charge in [-0.2, -0.15) is 0 Å². The Labute approximate surface area is 203 Å². The highest BCUT2D eigenvalue weighted by atomic mass is 16.7. The van der Waals surface area contributed by atoms with Crippen molar-refractivity contribution in [1.29, 1.82) is 0 Å². The molecule has 0 aliphatic heterocycles. The maximum Gasteiger partial charge on any atom is 0.193 e. The van der Waals surface area contributed by atoms with Crippen LogP contribution in [0.3, 0.4) is 0 Å². The van der Waals surface area contributed by atoms with Crippen LogP contribution >= 0.6 is 0 Å². The van der Waals surface area contributed by atoms with E-state index in [2.05, 4.69) is 27.7 Å². The zero-order valence-corrected chi connectivity index (χ0v) is 23.3. The topological polar surface area (TPSA) is 18.5 Å². The van der Waals surface area contributed by atoms with Crippen molar-refractivity contribution in [3.63, 3.8) is 0 Å². The molecule has 0 bridgehead atoms. The first kappa shape index (κ1) is 31.9. The number of ether oxygens (including phenoxy) is 2. The van der Waals surface area contributed by atoms with Gasteiger partial charge in [0, 0.05) is 14.0 Å². The molecule has 0 fully saturated rings. The van der Waals surface area contributed by atoms with Gasteiger partial charge in [0.05, 0.1) is 19.6 Å². The summed E-state index contributed by atoms with van der Waals surface area (Å²) in [7, 11) is 1.77. The van der Waals surface area contributed by atoms with Crippen LogP contribution in [-0.4, -0.2) is 43.7 Å². The Morgan fingerprint density at radius 2 is 0.812 bits per heavy atom. The van der Waals surface area contributed by atoms with E-state index in [1.165, 1.54) is 135 Å². The Bertz CT molecular complexity index is 333. The van der Waals surface area contributed by atoms with E-state index in [0.29, 0.717) is 0 Å². The molecule has 0 rings (SSSR count). The number of methoxy groups -OCH3 is 1. The number of rotatable bonds is 25. The van der Waals surface area contributed by atoms with E-state index in [1.807, 2.05) is 6.92 Å². The minimum absolute atomic E-state index is 0.124. The third-order valence-corrected chi connectivity index (χ3v) is 7.36.